The molecule has 1 saturated heterocycles. The Kier molecular flexibility index (Phi) is 4.53. The van der Waals surface area contributed by atoms with Crippen LogP contribution in [0.5, 0.6) is 0 Å². The minimum Gasteiger partial charge on any atom is -0.393 e. The molecule has 0 aliphatic carbocycles. The van der Waals surface area contributed by atoms with E-state index in [-0.39, 0.29) is 24.3 Å². The summed E-state index contributed by atoms with van der Waals surface area (Å²) >= 11 is 0. The van der Waals surface area contributed by atoms with Crippen LogP contribution >= 0.6 is 0 Å². The minimum atomic E-state index is -0.370. The van der Waals surface area contributed by atoms with Gasteiger partial charge < -0.3 is 4.74 Å². The summed E-state index contributed by atoms with van der Waals surface area (Å²) in [5, 5.41) is 0. The van der Waals surface area contributed by atoms with Crippen LogP contribution in [0.1, 0.15) is 39.5 Å². The molecule has 15 heavy (non-hydrogen) atoms. The van der Waals surface area contributed by atoms with E-state index in [0.717, 1.165) is 19.3 Å². The number of hydrogen-bond donors (Lipinski definition) is 0. The molecule has 1 aliphatic rings. The van der Waals surface area contributed by atoms with Gasteiger partial charge in [-0.25, -0.2) is 0 Å². The van der Waals surface area contributed by atoms with Crippen molar-refractivity contribution in [3.8, 4) is 0 Å². The van der Waals surface area contributed by atoms with Crippen LogP contribution in [0, 0.1) is 11.8 Å². The fourth-order valence-corrected chi connectivity index (χ4v) is 1.86. The van der Waals surface area contributed by atoms with E-state index >= 15 is 0 Å². The van der Waals surface area contributed by atoms with E-state index in [1.807, 2.05) is 13.0 Å². The van der Waals surface area contributed by atoms with E-state index in [0.29, 0.717) is 5.92 Å². The summed E-state index contributed by atoms with van der Waals surface area (Å²) in [5.74, 6) is -0.429. The highest BCUT2D eigenvalue weighted by atomic mass is 16.6. The van der Waals surface area contributed by atoms with Crippen molar-refractivity contribution in [3.63, 3.8) is 0 Å². The quantitative estimate of drug-likeness (QED) is 0.397. The Hall–Kier alpha value is -1.12. The van der Waals surface area contributed by atoms with Gasteiger partial charge in [0.2, 0.25) is 0 Å². The number of esters is 2. The van der Waals surface area contributed by atoms with Gasteiger partial charge in [0.25, 0.3) is 0 Å². The molecule has 0 spiro atoms. The highest BCUT2D eigenvalue weighted by molar-refractivity contribution is 5.94. The third-order valence-electron chi connectivity index (χ3n) is 2.86. The zero-order valence-electron chi connectivity index (χ0n) is 9.36. The first-order valence-corrected chi connectivity index (χ1v) is 5.53. The fraction of sp³-hybridized carbons (Fsp3) is 0.667. The molecule has 1 rings (SSSR count). The monoisotopic (exact) mass is 210 g/mol. The van der Waals surface area contributed by atoms with Crippen molar-refractivity contribution in [1.82, 2.24) is 0 Å². The molecule has 0 aromatic rings. The molecule has 0 aromatic heterocycles. The van der Waals surface area contributed by atoms with Crippen molar-refractivity contribution in [1.29, 1.82) is 0 Å². The second kappa shape index (κ2) is 5.69. The Balaban J connectivity index is 2.44. The molecule has 0 saturated carbocycles. The average molecular weight is 210 g/mol. The second-order valence-corrected chi connectivity index (χ2v) is 4.01. The third kappa shape index (κ3) is 3.50. The number of cyclic esters (lactones) is 2. The van der Waals surface area contributed by atoms with E-state index in [2.05, 4.69) is 17.7 Å². The van der Waals surface area contributed by atoms with Crippen LogP contribution in [0.25, 0.3) is 0 Å². The first-order chi connectivity index (χ1) is 7.17. The lowest BCUT2D eigenvalue weighted by Crippen LogP contribution is -2.12. The van der Waals surface area contributed by atoms with E-state index in [1.54, 1.807) is 0 Å². The van der Waals surface area contributed by atoms with Crippen molar-refractivity contribution in [3.05, 3.63) is 12.2 Å². The predicted molar refractivity (Wildman–Crippen MR) is 57.0 cm³/mol. The van der Waals surface area contributed by atoms with Gasteiger partial charge >= 0.3 is 11.9 Å². The van der Waals surface area contributed by atoms with Gasteiger partial charge in [-0.05, 0) is 25.7 Å². The van der Waals surface area contributed by atoms with E-state index in [1.165, 1.54) is 0 Å². The molecule has 0 N–H and O–H groups in total. The summed E-state index contributed by atoms with van der Waals surface area (Å²) in [6.45, 7) is 4.09. The molecular formula is C12H18O3. The highest BCUT2D eigenvalue weighted by Crippen LogP contribution is 2.27. The van der Waals surface area contributed by atoms with E-state index in [4.69, 9.17) is 0 Å². The van der Waals surface area contributed by atoms with Crippen molar-refractivity contribution in [2.24, 2.45) is 11.8 Å². The topological polar surface area (TPSA) is 43.4 Å². The maximum absolute atomic E-state index is 11.2. The van der Waals surface area contributed by atoms with Crippen LogP contribution in [0.4, 0.5) is 0 Å². The standard InChI is InChI=1S/C12H18O3/c1-3-5-6-9(4-2)7-10-8-11(13)15-12(10)14/h3,5,9-10H,4,6-8H2,1-2H3. The van der Waals surface area contributed by atoms with Gasteiger partial charge in [-0.3, -0.25) is 9.59 Å². The molecule has 0 amide bonds. The fourth-order valence-electron chi connectivity index (χ4n) is 1.86. The lowest BCUT2D eigenvalue weighted by molar-refractivity contribution is -0.153. The zero-order valence-corrected chi connectivity index (χ0v) is 9.36. The Morgan fingerprint density at radius 1 is 1.53 bits per heavy atom. The highest BCUT2D eigenvalue weighted by Gasteiger charge is 2.34. The molecule has 2 unspecified atom stereocenters. The predicted octanol–water partition coefficient (Wildman–Crippen LogP) is 2.46. The number of ether oxygens (including phenoxy) is 1. The molecule has 0 bridgehead atoms. The molecular weight excluding hydrogens is 192 g/mol. The van der Waals surface area contributed by atoms with E-state index in [9.17, 15) is 9.59 Å². The summed E-state index contributed by atoms with van der Waals surface area (Å²) in [7, 11) is 0. The van der Waals surface area contributed by atoms with Crippen LogP contribution in [0.15, 0.2) is 12.2 Å². The van der Waals surface area contributed by atoms with Gasteiger partial charge in [-0.15, -0.1) is 0 Å². The third-order valence-corrected chi connectivity index (χ3v) is 2.86. The lowest BCUT2D eigenvalue weighted by Gasteiger charge is -2.14. The molecule has 2 atom stereocenters. The molecule has 3 heteroatoms. The van der Waals surface area contributed by atoms with Crippen molar-refractivity contribution in [2.45, 2.75) is 39.5 Å². The van der Waals surface area contributed by atoms with Gasteiger partial charge in [-0.1, -0.05) is 25.5 Å². The van der Waals surface area contributed by atoms with Gasteiger partial charge in [0.1, 0.15) is 0 Å². The number of allylic oxidation sites excluding steroid dienone is 2. The molecule has 1 heterocycles. The summed E-state index contributed by atoms with van der Waals surface area (Å²) in [6, 6.07) is 0. The van der Waals surface area contributed by atoms with Crippen LogP contribution in [-0.4, -0.2) is 11.9 Å². The number of carbonyl (C=O) groups excluding carboxylic acids is 2. The minimum absolute atomic E-state index is 0.201. The van der Waals surface area contributed by atoms with Gasteiger partial charge in [0.15, 0.2) is 0 Å². The van der Waals surface area contributed by atoms with Crippen LogP contribution in [0.3, 0.4) is 0 Å². The molecule has 0 radical (unpaired) electrons. The number of hydrogen-bond acceptors (Lipinski definition) is 3. The summed E-state index contributed by atoms with van der Waals surface area (Å²) < 4.78 is 4.53. The molecule has 3 nitrogen and oxygen atoms in total. The molecule has 1 aliphatic heterocycles. The number of rotatable bonds is 5. The zero-order chi connectivity index (χ0) is 11.3. The first-order valence-electron chi connectivity index (χ1n) is 5.53. The van der Waals surface area contributed by atoms with Crippen molar-refractivity contribution < 1.29 is 14.3 Å². The van der Waals surface area contributed by atoms with Gasteiger partial charge in [0, 0.05) is 0 Å². The summed E-state index contributed by atoms with van der Waals surface area (Å²) in [4.78, 5) is 22.1. The Bertz CT molecular complexity index is 268. The smallest absolute Gasteiger partial charge is 0.317 e. The molecule has 0 aromatic carbocycles. The Morgan fingerprint density at radius 3 is 2.73 bits per heavy atom. The van der Waals surface area contributed by atoms with Crippen LogP contribution in [0.2, 0.25) is 0 Å². The number of carbonyl (C=O) groups is 2. The Labute approximate surface area is 90.5 Å². The normalized spacial score (nSPS) is 23.5. The van der Waals surface area contributed by atoms with Crippen molar-refractivity contribution >= 4 is 11.9 Å². The van der Waals surface area contributed by atoms with Gasteiger partial charge in [0.05, 0.1) is 12.3 Å². The molecule has 84 valence electrons. The van der Waals surface area contributed by atoms with E-state index < -0.39 is 0 Å². The second-order valence-electron chi connectivity index (χ2n) is 4.01. The summed E-state index contributed by atoms with van der Waals surface area (Å²) in [5.41, 5.74) is 0. The molecule has 1 fully saturated rings. The van der Waals surface area contributed by atoms with Crippen LogP contribution in [-0.2, 0) is 14.3 Å². The first kappa shape index (κ1) is 12.0. The summed E-state index contributed by atoms with van der Waals surface area (Å²) in [6.07, 6.45) is 7.17. The maximum Gasteiger partial charge on any atom is 0.317 e. The maximum atomic E-state index is 11.2. The lowest BCUT2D eigenvalue weighted by atomic mass is 9.89. The largest absolute Gasteiger partial charge is 0.393 e. The Morgan fingerprint density at radius 2 is 2.27 bits per heavy atom. The SMILES string of the molecule is CC=CCC(CC)CC1CC(=O)OC1=O. The van der Waals surface area contributed by atoms with Crippen LogP contribution < -0.4 is 0 Å². The van der Waals surface area contributed by atoms with Crippen molar-refractivity contribution in [2.75, 3.05) is 0 Å². The van der Waals surface area contributed by atoms with Gasteiger partial charge in [-0.2, -0.15) is 0 Å². The average Bonchev–Trinajstić information content (AvgIpc) is 2.52.